The molecule has 0 aliphatic rings. The predicted octanol–water partition coefficient (Wildman–Crippen LogP) is 3.67. The quantitative estimate of drug-likeness (QED) is 0.654. The molecule has 0 saturated carbocycles. The maximum absolute atomic E-state index is 12.6. The molecular weight excluding hydrogens is 332 g/mol. The largest absolute Gasteiger partial charge is 0.490 e. The Balaban J connectivity index is 2.51. The maximum atomic E-state index is 12.6. The summed E-state index contributed by atoms with van der Waals surface area (Å²) in [6, 6.07) is 8.17. The molecule has 0 saturated heterocycles. The monoisotopic (exact) mass is 345 g/mol. The van der Waals surface area contributed by atoms with E-state index in [9.17, 15) is 31.1 Å². The van der Waals surface area contributed by atoms with Crippen LogP contribution >= 0.6 is 0 Å². The van der Waals surface area contributed by atoms with Crippen molar-refractivity contribution in [1.82, 2.24) is 5.32 Å². The normalized spacial score (nSPS) is 12.7. The molecule has 1 aromatic carbocycles. The Hall–Kier alpha value is -2.13. The molecule has 0 unspecified atom stereocenters. The molecule has 0 aliphatic carbocycles. The number of ether oxygens (including phenoxy) is 2. The molecule has 0 aliphatic heterocycles. The molecule has 10 heteroatoms. The van der Waals surface area contributed by atoms with Crippen LogP contribution in [-0.2, 0) is 4.74 Å². The second-order valence-corrected chi connectivity index (χ2v) is 4.54. The Labute approximate surface area is 127 Å². The van der Waals surface area contributed by atoms with Gasteiger partial charge in [-0.2, -0.15) is 26.3 Å². The highest BCUT2D eigenvalue weighted by Crippen LogP contribution is 2.42. The molecule has 1 rings (SSSR count). The zero-order valence-electron chi connectivity index (χ0n) is 11.8. The Morgan fingerprint density at radius 1 is 1.00 bits per heavy atom. The number of carbonyl (C=O) groups excluding carboxylic acids is 1. The van der Waals surface area contributed by atoms with Crippen LogP contribution in [0.4, 0.5) is 31.1 Å². The lowest BCUT2D eigenvalue weighted by Gasteiger charge is -2.34. The fourth-order valence-electron chi connectivity index (χ4n) is 1.35. The van der Waals surface area contributed by atoms with Crippen LogP contribution in [0.2, 0.25) is 0 Å². The summed E-state index contributed by atoms with van der Waals surface area (Å²) in [6.07, 6.45) is -13.3. The Morgan fingerprint density at radius 3 is 2.00 bits per heavy atom. The van der Waals surface area contributed by atoms with E-state index in [2.05, 4.69) is 4.74 Å². The summed E-state index contributed by atoms with van der Waals surface area (Å²) in [5, 5.41) is 0.805. The highest BCUT2D eigenvalue weighted by molar-refractivity contribution is 5.68. The van der Waals surface area contributed by atoms with Gasteiger partial charge in [-0.3, -0.25) is 5.32 Å². The minimum absolute atomic E-state index is 0.186. The average molecular weight is 345 g/mol. The Morgan fingerprint density at radius 2 is 1.52 bits per heavy atom. The van der Waals surface area contributed by atoms with E-state index in [1.807, 2.05) is 0 Å². The minimum atomic E-state index is -5.73. The maximum Gasteiger partial charge on any atom is 0.420 e. The third-order valence-electron chi connectivity index (χ3n) is 2.81. The smallest absolute Gasteiger partial charge is 0.420 e. The van der Waals surface area contributed by atoms with Gasteiger partial charge in [0.2, 0.25) is 5.54 Å². The van der Waals surface area contributed by atoms with Crippen LogP contribution in [0.5, 0.6) is 5.75 Å². The SMILES string of the molecule is CC(NC(=O)OCCOc1ccccc1)(C(F)(F)F)C(F)(F)F. The van der Waals surface area contributed by atoms with Gasteiger partial charge in [0.1, 0.15) is 19.0 Å². The number of benzene rings is 1. The summed E-state index contributed by atoms with van der Waals surface area (Å²) < 4.78 is 84.7. The zero-order valence-corrected chi connectivity index (χ0v) is 11.8. The Bertz CT molecular complexity index is 501. The number of carbonyl (C=O) groups is 1. The molecule has 0 radical (unpaired) electrons. The summed E-state index contributed by atoms with van der Waals surface area (Å²) in [5.74, 6) is 0.409. The number of para-hydroxylation sites is 1. The van der Waals surface area contributed by atoms with Crippen molar-refractivity contribution >= 4 is 6.09 Å². The molecule has 0 atom stereocenters. The van der Waals surface area contributed by atoms with Gasteiger partial charge in [0.15, 0.2) is 0 Å². The molecule has 4 nitrogen and oxygen atoms in total. The van der Waals surface area contributed by atoms with Gasteiger partial charge >= 0.3 is 18.4 Å². The van der Waals surface area contributed by atoms with Gasteiger partial charge in [-0.1, -0.05) is 18.2 Å². The first-order chi connectivity index (χ1) is 10.5. The van der Waals surface area contributed by atoms with Gasteiger partial charge in [0.25, 0.3) is 0 Å². The van der Waals surface area contributed by atoms with E-state index in [0.29, 0.717) is 5.75 Å². The molecule has 1 aromatic rings. The van der Waals surface area contributed by atoms with Crippen LogP contribution in [0.15, 0.2) is 30.3 Å². The number of amides is 1. The highest BCUT2D eigenvalue weighted by Gasteiger charge is 2.69. The minimum Gasteiger partial charge on any atom is -0.490 e. The molecule has 130 valence electrons. The second kappa shape index (κ2) is 6.97. The lowest BCUT2D eigenvalue weighted by Crippen LogP contribution is -2.65. The molecule has 23 heavy (non-hydrogen) atoms. The van der Waals surface area contributed by atoms with E-state index < -0.39 is 30.6 Å². The lowest BCUT2D eigenvalue weighted by molar-refractivity contribution is -0.298. The van der Waals surface area contributed by atoms with Crippen molar-refractivity contribution in [3.8, 4) is 5.75 Å². The Kier molecular flexibility index (Phi) is 5.73. The van der Waals surface area contributed by atoms with E-state index in [4.69, 9.17) is 4.74 Å². The van der Waals surface area contributed by atoms with Crippen molar-refractivity contribution in [2.75, 3.05) is 13.2 Å². The molecule has 1 amide bonds. The number of nitrogens with one attached hydrogen (secondary N) is 1. The molecule has 0 spiro atoms. The van der Waals surface area contributed by atoms with E-state index in [0.717, 1.165) is 5.32 Å². The molecule has 0 heterocycles. The number of rotatable bonds is 5. The van der Waals surface area contributed by atoms with Crippen molar-refractivity contribution in [3.63, 3.8) is 0 Å². The van der Waals surface area contributed by atoms with Crippen LogP contribution in [0.3, 0.4) is 0 Å². The van der Waals surface area contributed by atoms with E-state index in [1.165, 1.54) is 0 Å². The zero-order chi connectivity index (χ0) is 17.7. The van der Waals surface area contributed by atoms with E-state index in [-0.39, 0.29) is 13.5 Å². The van der Waals surface area contributed by atoms with E-state index in [1.54, 1.807) is 30.3 Å². The standard InChI is InChI=1S/C13H13F6NO3/c1-11(12(14,15)16,13(17,18)19)20-10(21)23-8-7-22-9-5-3-2-4-6-9/h2-6H,7-8H2,1H3,(H,20,21). The van der Waals surface area contributed by atoms with E-state index >= 15 is 0 Å². The first kappa shape index (κ1) is 18.9. The number of hydrogen-bond donors (Lipinski definition) is 1. The summed E-state index contributed by atoms with van der Waals surface area (Å²) >= 11 is 0. The molecule has 1 N–H and O–H groups in total. The van der Waals surface area contributed by atoms with Gasteiger partial charge in [-0.15, -0.1) is 0 Å². The highest BCUT2D eigenvalue weighted by atomic mass is 19.4. The fraction of sp³-hybridized carbons (Fsp3) is 0.462. The second-order valence-electron chi connectivity index (χ2n) is 4.54. The predicted molar refractivity (Wildman–Crippen MR) is 66.9 cm³/mol. The van der Waals surface area contributed by atoms with Crippen LogP contribution in [0.25, 0.3) is 0 Å². The van der Waals surface area contributed by atoms with Crippen LogP contribution in [0, 0.1) is 0 Å². The average Bonchev–Trinajstić information content (AvgIpc) is 2.42. The summed E-state index contributed by atoms with van der Waals surface area (Å²) in [7, 11) is 0. The van der Waals surface area contributed by atoms with Gasteiger partial charge in [0.05, 0.1) is 0 Å². The first-order valence-corrected chi connectivity index (χ1v) is 6.23. The van der Waals surface area contributed by atoms with Crippen LogP contribution in [-0.4, -0.2) is 37.2 Å². The van der Waals surface area contributed by atoms with Crippen LogP contribution in [0.1, 0.15) is 6.92 Å². The van der Waals surface area contributed by atoms with Gasteiger partial charge in [0, 0.05) is 0 Å². The van der Waals surface area contributed by atoms with Crippen molar-refractivity contribution in [2.45, 2.75) is 24.8 Å². The van der Waals surface area contributed by atoms with Crippen molar-refractivity contribution in [1.29, 1.82) is 0 Å². The molecule has 0 fully saturated rings. The van der Waals surface area contributed by atoms with Gasteiger partial charge < -0.3 is 9.47 Å². The molecule has 0 bridgehead atoms. The lowest BCUT2D eigenvalue weighted by atomic mass is 10.0. The summed E-state index contributed by atoms with van der Waals surface area (Å²) in [4.78, 5) is 11.2. The third kappa shape index (κ3) is 4.93. The van der Waals surface area contributed by atoms with Crippen molar-refractivity contribution in [3.05, 3.63) is 30.3 Å². The van der Waals surface area contributed by atoms with Crippen molar-refractivity contribution in [2.24, 2.45) is 0 Å². The van der Waals surface area contributed by atoms with Gasteiger partial charge in [-0.05, 0) is 19.1 Å². The number of alkyl halides is 6. The number of hydrogen-bond acceptors (Lipinski definition) is 3. The topological polar surface area (TPSA) is 47.6 Å². The number of alkyl carbamates (subject to hydrolysis) is 1. The number of halogens is 6. The van der Waals surface area contributed by atoms with Crippen LogP contribution < -0.4 is 10.1 Å². The molecule has 0 aromatic heterocycles. The fourth-order valence-corrected chi connectivity index (χ4v) is 1.35. The first-order valence-electron chi connectivity index (χ1n) is 6.23. The molecular formula is C13H13F6NO3. The summed E-state index contributed by atoms with van der Waals surface area (Å²) in [6.45, 7) is -0.937. The third-order valence-corrected chi connectivity index (χ3v) is 2.81. The van der Waals surface area contributed by atoms with Crippen molar-refractivity contribution < 1.29 is 40.6 Å². The summed E-state index contributed by atoms with van der Waals surface area (Å²) in [5.41, 5.74) is -4.41. The van der Waals surface area contributed by atoms with Gasteiger partial charge in [-0.25, -0.2) is 4.79 Å².